The third kappa shape index (κ3) is 4.03. The van der Waals surface area contributed by atoms with Crippen molar-refractivity contribution in [1.29, 1.82) is 0 Å². The fourth-order valence-electron chi connectivity index (χ4n) is 3.94. The Labute approximate surface area is 186 Å². The largest absolute Gasteiger partial charge is 0.508 e. The van der Waals surface area contributed by atoms with Gasteiger partial charge in [-0.25, -0.2) is 0 Å². The van der Waals surface area contributed by atoms with E-state index in [2.05, 4.69) is 0 Å². The van der Waals surface area contributed by atoms with E-state index in [-0.39, 0.29) is 17.2 Å². The van der Waals surface area contributed by atoms with Crippen molar-refractivity contribution >= 4 is 12.2 Å². The molecule has 4 aliphatic heterocycles. The van der Waals surface area contributed by atoms with Crippen LogP contribution in [0.25, 0.3) is 23.3 Å². The second-order valence-corrected chi connectivity index (χ2v) is 7.93. The van der Waals surface area contributed by atoms with Gasteiger partial charge in [0.1, 0.15) is 17.2 Å². The summed E-state index contributed by atoms with van der Waals surface area (Å²) in [6, 6.07) is 23.8. The summed E-state index contributed by atoms with van der Waals surface area (Å²) in [4.78, 5) is 0. The van der Waals surface area contributed by atoms with Crippen molar-refractivity contribution in [1.82, 2.24) is 0 Å². The van der Waals surface area contributed by atoms with Gasteiger partial charge in [-0.1, -0.05) is 42.5 Å². The topological polar surface area (TPSA) is 69.9 Å². The number of phenols is 3. The van der Waals surface area contributed by atoms with Crippen LogP contribution >= 0.6 is 0 Å². The molecule has 158 valence electrons. The van der Waals surface area contributed by atoms with E-state index in [1.54, 1.807) is 24.3 Å². The summed E-state index contributed by atoms with van der Waals surface area (Å²) in [6.45, 7) is 0. The van der Waals surface area contributed by atoms with Crippen molar-refractivity contribution in [3.05, 3.63) is 101 Å². The van der Waals surface area contributed by atoms with E-state index in [0.717, 1.165) is 40.7 Å². The highest BCUT2D eigenvalue weighted by Gasteiger charge is 2.12. The first-order valence-corrected chi connectivity index (χ1v) is 10.5. The van der Waals surface area contributed by atoms with E-state index >= 15 is 0 Å². The minimum Gasteiger partial charge on any atom is -0.508 e. The molecule has 3 N–H and O–H groups in total. The summed E-state index contributed by atoms with van der Waals surface area (Å²) >= 11 is 0. The Hall–Kier alpha value is -4.18. The zero-order valence-electron chi connectivity index (χ0n) is 17.3. The van der Waals surface area contributed by atoms with Crippen LogP contribution in [0.2, 0.25) is 0 Å². The third-order valence-corrected chi connectivity index (χ3v) is 5.68. The lowest BCUT2D eigenvalue weighted by atomic mass is 9.95. The molecule has 0 amide bonds. The summed E-state index contributed by atoms with van der Waals surface area (Å²) in [5, 5.41) is 31.0. The van der Waals surface area contributed by atoms with Crippen molar-refractivity contribution in [3.8, 4) is 39.9 Å². The number of aryl methyl sites for hydroxylation is 2. The minimum absolute atomic E-state index is 0.0885. The van der Waals surface area contributed by atoms with Crippen LogP contribution in [0.1, 0.15) is 22.3 Å². The summed E-state index contributed by atoms with van der Waals surface area (Å²) in [5.74, 6) is 1.49. The first-order valence-electron chi connectivity index (χ1n) is 10.5. The second-order valence-electron chi connectivity index (χ2n) is 7.93. The predicted molar refractivity (Wildman–Crippen MR) is 126 cm³/mol. The molecule has 0 unspecified atom stereocenters. The third-order valence-electron chi connectivity index (χ3n) is 5.68. The van der Waals surface area contributed by atoms with Crippen molar-refractivity contribution in [3.63, 3.8) is 0 Å². The van der Waals surface area contributed by atoms with Gasteiger partial charge in [-0.05, 0) is 89.2 Å². The monoisotopic (exact) mass is 422 g/mol. The average molecular weight is 422 g/mol. The molecule has 0 fully saturated rings. The van der Waals surface area contributed by atoms with Crippen LogP contribution in [0, 0.1) is 0 Å². The Morgan fingerprint density at radius 3 is 2.09 bits per heavy atom. The number of aromatic hydroxyl groups is 3. The van der Waals surface area contributed by atoms with Crippen LogP contribution in [0.5, 0.6) is 28.7 Å². The summed E-state index contributed by atoms with van der Waals surface area (Å²) < 4.78 is 5.91. The molecule has 8 rings (SSSR count). The van der Waals surface area contributed by atoms with Gasteiger partial charge in [-0.3, -0.25) is 0 Å². The Kier molecular flexibility index (Phi) is 5.04. The zero-order valence-corrected chi connectivity index (χ0v) is 17.3. The van der Waals surface area contributed by atoms with Gasteiger partial charge in [0.15, 0.2) is 11.5 Å². The highest BCUT2D eigenvalue weighted by Crippen LogP contribution is 2.36. The molecule has 32 heavy (non-hydrogen) atoms. The molecular formula is C28H22O4. The minimum atomic E-state index is 0.0885. The van der Waals surface area contributed by atoms with E-state index in [9.17, 15) is 15.3 Å². The van der Waals surface area contributed by atoms with Gasteiger partial charge >= 0.3 is 0 Å². The zero-order chi connectivity index (χ0) is 22.1. The van der Waals surface area contributed by atoms with E-state index in [1.807, 2.05) is 66.7 Å². The molecule has 0 saturated heterocycles. The lowest BCUT2D eigenvalue weighted by Gasteiger charge is -2.13. The van der Waals surface area contributed by atoms with Crippen LogP contribution in [0.15, 0.2) is 78.9 Å². The van der Waals surface area contributed by atoms with Gasteiger partial charge in [0.05, 0.1) is 0 Å². The van der Waals surface area contributed by atoms with Crippen LogP contribution in [-0.4, -0.2) is 15.3 Å². The molecule has 0 aromatic heterocycles. The van der Waals surface area contributed by atoms with Gasteiger partial charge in [0.25, 0.3) is 0 Å². The van der Waals surface area contributed by atoms with Gasteiger partial charge < -0.3 is 20.1 Å². The molecule has 4 aliphatic rings. The average Bonchev–Trinajstić information content (AvgIpc) is 2.79. The van der Waals surface area contributed by atoms with Crippen molar-refractivity contribution < 1.29 is 20.1 Å². The lowest BCUT2D eigenvalue weighted by molar-refractivity contribution is 0.410. The predicted octanol–water partition coefficient (Wildman–Crippen LogP) is 6.53. The summed E-state index contributed by atoms with van der Waals surface area (Å²) in [5.41, 5.74) is 5.34. The number of rotatable bonds is 0. The maximum absolute atomic E-state index is 10.8. The van der Waals surface area contributed by atoms with Gasteiger partial charge in [-0.2, -0.15) is 0 Å². The Morgan fingerprint density at radius 2 is 1.31 bits per heavy atom. The number of ether oxygens (including phenoxy) is 1. The number of hydrogen-bond acceptors (Lipinski definition) is 4. The summed E-state index contributed by atoms with van der Waals surface area (Å²) in [6.07, 6.45) is 5.32. The molecule has 6 bridgehead atoms. The quantitative estimate of drug-likeness (QED) is 0.301. The van der Waals surface area contributed by atoms with Gasteiger partial charge in [-0.15, -0.1) is 0 Å². The normalized spacial score (nSPS) is 13.6. The maximum atomic E-state index is 10.8. The maximum Gasteiger partial charge on any atom is 0.169 e. The highest BCUT2D eigenvalue weighted by atomic mass is 16.5. The van der Waals surface area contributed by atoms with E-state index in [4.69, 9.17) is 4.74 Å². The van der Waals surface area contributed by atoms with E-state index in [1.165, 1.54) is 0 Å². The molecule has 0 spiro atoms. The number of benzene rings is 4. The number of hydrogen-bond donors (Lipinski definition) is 3. The van der Waals surface area contributed by atoms with Crippen LogP contribution in [0.3, 0.4) is 0 Å². The molecule has 0 aliphatic carbocycles. The molecule has 4 aromatic rings. The lowest BCUT2D eigenvalue weighted by Crippen LogP contribution is -1.94. The van der Waals surface area contributed by atoms with Crippen molar-refractivity contribution in [2.24, 2.45) is 0 Å². The molecule has 0 saturated carbocycles. The van der Waals surface area contributed by atoms with Crippen LogP contribution in [0.4, 0.5) is 0 Å². The molecule has 4 heterocycles. The molecule has 4 nitrogen and oxygen atoms in total. The molecular weight excluding hydrogens is 400 g/mol. The molecule has 4 heteroatoms. The SMILES string of the molecule is Oc1ccc2c(c1)/C=C\c1ccc(cc1)Oc1cc(ccc1O)CCc1ccc-2c(O)c1. The Bertz CT molecular complexity index is 1320. The van der Waals surface area contributed by atoms with E-state index < -0.39 is 0 Å². The first kappa shape index (κ1) is 19.8. The Balaban J connectivity index is 1.64. The van der Waals surface area contributed by atoms with Crippen molar-refractivity contribution in [2.75, 3.05) is 0 Å². The molecule has 0 radical (unpaired) electrons. The summed E-state index contributed by atoms with van der Waals surface area (Å²) in [7, 11) is 0. The smallest absolute Gasteiger partial charge is 0.169 e. The highest BCUT2D eigenvalue weighted by molar-refractivity contribution is 5.84. The van der Waals surface area contributed by atoms with Gasteiger partial charge in [0.2, 0.25) is 0 Å². The van der Waals surface area contributed by atoms with Gasteiger partial charge in [0, 0.05) is 5.56 Å². The molecule has 4 aromatic carbocycles. The fourth-order valence-corrected chi connectivity index (χ4v) is 3.94. The number of phenolic OH excluding ortho intramolecular Hbond substituents is 3. The fraction of sp³-hybridized carbons (Fsp3) is 0.0714. The van der Waals surface area contributed by atoms with Crippen LogP contribution < -0.4 is 4.74 Å². The molecule has 0 atom stereocenters. The van der Waals surface area contributed by atoms with E-state index in [0.29, 0.717) is 17.1 Å². The van der Waals surface area contributed by atoms with Crippen LogP contribution in [-0.2, 0) is 12.8 Å². The standard InChI is InChI=1S/C28H22O4/c29-22-9-13-24-21(17-22)8-3-18-4-10-23(11-5-18)32-28-16-20(7-14-26(28)30)2-1-19-6-12-25(24)27(31)15-19/h3-17,29-31H,1-2H2/b8-3-. The van der Waals surface area contributed by atoms with Crippen molar-refractivity contribution in [2.45, 2.75) is 12.8 Å². The second kappa shape index (κ2) is 8.16. The first-order chi connectivity index (χ1) is 15.5. The Morgan fingerprint density at radius 1 is 0.594 bits per heavy atom.